The fourth-order valence-electron chi connectivity index (χ4n) is 1.07. The Bertz CT molecular complexity index is 387. The molecule has 0 atom stereocenters. The highest BCUT2D eigenvalue weighted by atomic mass is 127. The van der Waals surface area contributed by atoms with Crippen LogP contribution < -0.4 is 0 Å². The zero-order valence-corrected chi connectivity index (χ0v) is 9.00. The highest BCUT2D eigenvalue weighted by molar-refractivity contribution is 14.1. The predicted octanol–water partition coefficient (Wildman–Crippen LogP) is 3.49. The summed E-state index contributed by atoms with van der Waals surface area (Å²) >= 11 is 8.05. The minimum atomic E-state index is 0.717. The zero-order chi connectivity index (χ0) is 8.55. The standard InChI is InChI=1S/C9H5ClIN/c10-7-5-6-3-1-2-4-8(6)12-9(7)11/h1-5H. The average Bonchev–Trinajstić information content (AvgIpc) is 2.07. The van der Waals surface area contributed by atoms with Crippen molar-refractivity contribution in [1.29, 1.82) is 0 Å². The van der Waals surface area contributed by atoms with Gasteiger partial charge in [-0.15, -0.1) is 0 Å². The summed E-state index contributed by atoms with van der Waals surface area (Å²) in [5.74, 6) is 0. The Labute approximate surface area is 88.9 Å². The summed E-state index contributed by atoms with van der Waals surface area (Å²) in [5, 5.41) is 1.80. The number of fused-ring (bicyclic) bond motifs is 1. The van der Waals surface area contributed by atoms with Gasteiger partial charge >= 0.3 is 0 Å². The van der Waals surface area contributed by atoms with Crippen LogP contribution in [0.25, 0.3) is 10.9 Å². The van der Waals surface area contributed by atoms with Gasteiger partial charge in [0.1, 0.15) is 3.70 Å². The number of halogens is 2. The van der Waals surface area contributed by atoms with E-state index in [1.807, 2.05) is 30.3 Å². The molecule has 0 saturated heterocycles. The zero-order valence-electron chi connectivity index (χ0n) is 6.09. The third-order valence-electron chi connectivity index (χ3n) is 1.63. The van der Waals surface area contributed by atoms with Crippen molar-refractivity contribution in [2.24, 2.45) is 0 Å². The molecule has 0 saturated carbocycles. The van der Waals surface area contributed by atoms with E-state index < -0.39 is 0 Å². The summed E-state index contributed by atoms with van der Waals surface area (Å²) in [6.45, 7) is 0. The summed E-state index contributed by atoms with van der Waals surface area (Å²) in [6.07, 6.45) is 0. The van der Waals surface area contributed by atoms with Crippen molar-refractivity contribution in [3.8, 4) is 0 Å². The van der Waals surface area contributed by atoms with E-state index in [0.717, 1.165) is 14.6 Å². The fraction of sp³-hybridized carbons (Fsp3) is 0. The molecular formula is C9H5ClIN. The lowest BCUT2D eigenvalue weighted by molar-refractivity contribution is 1.35. The van der Waals surface area contributed by atoms with Gasteiger partial charge in [0.15, 0.2) is 0 Å². The van der Waals surface area contributed by atoms with E-state index in [1.165, 1.54) is 0 Å². The molecule has 1 aromatic carbocycles. The van der Waals surface area contributed by atoms with Crippen molar-refractivity contribution in [3.05, 3.63) is 39.1 Å². The van der Waals surface area contributed by atoms with Crippen LogP contribution in [0, 0.1) is 3.70 Å². The maximum absolute atomic E-state index is 5.92. The SMILES string of the molecule is Clc1cc2ccccc2nc1I. The highest BCUT2D eigenvalue weighted by Crippen LogP contribution is 2.21. The Morgan fingerprint density at radius 1 is 1.25 bits per heavy atom. The Balaban J connectivity index is 2.84. The van der Waals surface area contributed by atoms with Gasteiger partial charge in [-0.2, -0.15) is 0 Å². The molecule has 1 nitrogen and oxygen atoms in total. The topological polar surface area (TPSA) is 12.9 Å². The third-order valence-corrected chi connectivity index (χ3v) is 3.06. The highest BCUT2D eigenvalue weighted by Gasteiger charge is 1.99. The Kier molecular flexibility index (Phi) is 2.19. The van der Waals surface area contributed by atoms with E-state index in [4.69, 9.17) is 11.6 Å². The molecule has 1 aromatic heterocycles. The Morgan fingerprint density at radius 2 is 2.00 bits per heavy atom. The summed E-state index contributed by atoms with van der Waals surface area (Å²) in [5.41, 5.74) is 0.992. The molecule has 0 amide bonds. The second-order valence-corrected chi connectivity index (χ2v) is 3.88. The largest absolute Gasteiger partial charge is 0.240 e. The molecule has 2 aromatic rings. The molecule has 1 heterocycles. The van der Waals surface area contributed by atoms with Crippen LogP contribution in [0.1, 0.15) is 0 Å². The van der Waals surface area contributed by atoms with Crippen LogP contribution in [0.4, 0.5) is 0 Å². The van der Waals surface area contributed by atoms with E-state index in [9.17, 15) is 0 Å². The Morgan fingerprint density at radius 3 is 2.83 bits per heavy atom. The van der Waals surface area contributed by atoms with E-state index >= 15 is 0 Å². The van der Waals surface area contributed by atoms with Crippen molar-refractivity contribution in [2.45, 2.75) is 0 Å². The van der Waals surface area contributed by atoms with E-state index in [1.54, 1.807) is 0 Å². The molecule has 0 spiro atoms. The summed E-state index contributed by atoms with van der Waals surface area (Å²) in [7, 11) is 0. The molecule has 0 aliphatic heterocycles. The second kappa shape index (κ2) is 3.18. The van der Waals surface area contributed by atoms with Gasteiger partial charge in [0, 0.05) is 5.39 Å². The molecule has 0 bridgehead atoms. The number of pyridine rings is 1. The van der Waals surface area contributed by atoms with Crippen LogP contribution in [0.15, 0.2) is 30.3 Å². The fourth-order valence-corrected chi connectivity index (χ4v) is 1.64. The summed E-state index contributed by atoms with van der Waals surface area (Å²) in [4.78, 5) is 4.33. The molecule has 0 aliphatic rings. The number of hydrogen-bond donors (Lipinski definition) is 0. The van der Waals surface area contributed by atoms with Crippen LogP contribution in [0.5, 0.6) is 0 Å². The van der Waals surface area contributed by atoms with Gasteiger partial charge in [-0.3, -0.25) is 0 Å². The lowest BCUT2D eigenvalue weighted by Crippen LogP contribution is -1.83. The number of para-hydroxylation sites is 1. The van der Waals surface area contributed by atoms with Crippen molar-refractivity contribution < 1.29 is 0 Å². The smallest absolute Gasteiger partial charge is 0.120 e. The van der Waals surface area contributed by atoms with Gasteiger partial charge in [-0.1, -0.05) is 29.8 Å². The van der Waals surface area contributed by atoms with E-state index in [0.29, 0.717) is 5.02 Å². The van der Waals surface area contributed by atoms with Gasteiger partial charge < -0.3 is 0 Å². The predicted molar refractivity (Wildman–Crippen MR) is 59.5 cm³/mol. The van der Waals surface area contributed by atoms with Crippen LogP contribution in [0.2, 0.25) is 5.02 Å². The normalized spacial score (nSPS) is 10.5. The summed E-state index contributed by atoms with van der Waals surface area (Å²) < 4.78 is 0.855. The third kappa shape index (κ3) is 1.41. The quantitative estimate of drug-likeness (QED) is 0.534. The van der Waals surface area contributed by atoms with E-state index in [-0.39, 0.29) is 0 Å². The van der Waals surface area contributed by atoms with Crippen LogP contribution >= 0.6 is 34.2 Å². The van der Waals surface area contributed by atoms with Crippen LogP contribution in [-0.4, -0.2) is 4.98 Å². The minimum absolute atomic E-state index is 0.717. The molecule has 0 radical (unpaired) electrons. The minimum Gasteiger partial charge on any atom is -0.240 e. The molecule has 60 valence electrons. The Hall–Kier alpha value is -0.350. The number of aromatic nitrogens is 1. The van der Waals surface area contributed by atoms with Gasteiger partial charge in [-0.05, 0) is 34.7 Å². The molecule has 3 heteroatoms. The number of benzene rings is 1. The molecule has 0 N–H and O–H groups in total. The van der Waals surface area contributed by atoms with Gasteiger partial charge in [-0.25, -0.2) is 4.98 Å². The molecule has 0 fully saturated rings. The first kappa shape index (κ1) is 8.26. The molecular weight excluding hydrogens is 284 g/mol. The van der Waals surface area contributed by atoms with Gasteiger partial charge in [0.2, 0.25) is 0 Å². The average molecular weight is 290 g/mol. The molecule has 12 heavy (non-hydrogen) atoms. The van der Waals surface area contributed by atoms with Crippen molar-refractivity contribution >= 4 is 45.1 Å². The monoisotopic (exact) mass is 289 g/mol. The van der Waals surface area contributed by atoms with Gasteiger partial charge in [0.25, 0.3) is 0 Å². The van der Waals surface area contributed by atoms with Gasteiger partial charge in [0.05, 0.1) is 10.5 Å². The van der Waals surface area contributed by atoms with Crippen molar-refractivity contribution in [3.63, 3.8) is 0 Å². The molecule has 2 rings (SSSR count). The molecule has 0 aliphatic carbocycles. The van der Waals surface area contributed by atoms with Crippen LogP contribution in [-0.2, 0) is 0 Å². The first-order chi connectivity index (χ1) is 5.77. The van der Waals surface area contributed by atoms with Crippen molar-refractivity contribution in [2.75, 3.05) is 0 Å². The van der Waals surface area contributed by atoms with E-state index in [2.05, 4.69) is 27.6 Å². The maximum Gasteiger partial charge on any atom is 0.120 e. The maximum atomic E-state index is 5.92. The van der Waals surface area contributed by atoms with Crippen LogP contribution in [0.3, 0.4) is 0 Å². The number of rotatable bonds is 0. The lowest BCUT2D eigenvalue weighted by atomic mass is 10.2. The van der Waals surface area contributed by atoms with Crippen molar-refractivity contribution in [1.82, 2.24) is 4.98 Å². The first-order valence-electron chi connectivity index (χ1n) is 3.48. The first-order valence-corrected chi connectivity index (χ1v) is 4.94. The lowest BCUT2D eigenvalue weighted by Gasteiger charge is -1.98. The summed E-state index contributed by atoms with van der Waals surface area (Å²) in [6, 6.07) is 9.87. The second-order valence-electron chi connectivity index (χ2n) is 2.45. The number of nitrogens with zero attached hydrogens (tertiary/aromatic N) is 1. The molecule has 0 unspecified atom stereocenters. The number of hydrogen-bond acceptors (Lipinski definition) is 1.